The Morgan fingerprint density at radius 1 is 0.680 bits per heavy atom. The molecule has 1 heterocycles. The lowest BCUT2D eigenvalue weighted by atomic mass is 10.0. The van der Waals surface area contributed by atoms with Gasteiger partial charge in [-0.3, -0.25) is 29.0 Å². The van der Waals surface area contributed by atoms with Gasteiger partial charge >= 0.3 is 0 Å². The third kappa shape index (κ3) is 11.2. The van der Waals surface area contributed by atoms with E-state index in [-0.39, 0.29) is 50.5 Å². The van der Waals surface area contributed by atoms with Crippen LogP contribution in [0.15, 0.2) is 71.7 Å². The monoisotopic (exact) mass is 687 g/mol. The van der Waals surface area contributed by atoms with E-state index >= 15 is 0 Å². The Labute approximate surface area is 289 Å². The predicted molar refractivity (Wildman–Crippen MR) is 188 cm³/mol. The van der Waals surface area contributed by atoms with E-state index in [1.165, 1.54) is 12.1 Å². The number of carbonyl (C=O) groups is 5. The van der Waals surface area contributed by atoms with Gasteiger partial charge in [-0.2, -0.15) is 0 Å². The highest BCUT2D eigenvalue weighted by Crippen LogP contribution is 2.17. The van der Waals surface area contributed by atoms with Crippen LogP contribution in [0.4, 0.5) is 0 Å². The molecule has 50 heavy (non-hydrogen) atoms. The zero-order chi connectivity index (χ0) is 36.0. The Bertz CT molecular complexity index is 1690. The average Bonchev–Trinajstić information content (AvgIpc) is 3.09. The number of nitrogens with zero attached hydrogens (tertiary/aromatic N) is 1. The number of hydrogen-bond acceptors (Lipinski definition) is 8. The minimum Gasteiger partial charge on any atom is -0.508 e. The molecule has 0 radical (unpaired) electrons. The van der Waals surface area contributed by atoms with Crippen molar-refractivity contribution in [2.45, 2.75) is 62.7 Å². The molecule has 15 nitrogen and oxygen atoms in total. The van der Waals surface area contributed by atoms with Crippen molar-refractivity contribution in [1.29, 1.82) is 0 Å². The van der Waals surface area contributed by atoms with Crippen LogP contribution in [-0.4, -0.2) is 84.4 Å². The van der Waals surface area contributed by atoms with Crippen LogP contribution >= 0.6 is 0 Å². The second-order valence-electron chi connectivity index (χ2n) is 12.2. The topological polar surface area (TPSA) is 256 Å². The van der Waals surface area contributed by atoms with Crippen molar-refractivity contribution in [3.05, 3.63) is 77.9 Å². The Kier molecular flexibility index (Phi) is 13.5. The molecule has 1 aliphatic heterocycles. The van der Waals surface area contributed by atoms with Gasteiger partial charge in [-0.15, -0.1) is 0 Å². The van der Waals surface area contributed by atoms with Crippen LogP contribution in [0.25, 0.3) is 10.8 Å². The summed E-state index contributed by atoms with van der Waals surface area (Å²) < 4.78 is 0. The number of rotatable bonds is 11. The lowest BCUT2D eigenvalue weighted by Crippen LogP contribution is -2.58. The first-order valence-corrected chi connectivity index (χ1v) is 16.5. The second kappa shape index (κ2) is 18.2. The van der Waals surface area contributed by atoms with Gasteiger partial charge in [-0.05, 0) is 66.3 Å². The first-order valence-electron chi connectivity index (χ1n) is 16.5. The van der Waals surface area contributed by atoms with E-state index in [2.05, 4.69) is 31.6 Å². The molecule has 0 spiro atoms. The Morgan fingerprint density at radius 3 is 1.90 bits per heavy atom. The van der Waals surface area contributed by atoms with Crippen molar-refractivity contribution >= 4 is 46.3 Å². The molecule has 266 valence electrons. The highest BCUT2D eigenvalue weighted by Gasteiger charge is 2.32. The molecule has 0 saturated carbocycles. The molecule has 0 aromatic heterocycles. The summed E-state index contributed by atoms with van der Waals surface area (Å²) in [6.07, 6.45) is 1.06. The first-order chi connectivity index (χ1) is 24.0. The molecule has 1 aliphatic rings. The maximum Gasteiger partial charge on any atom is 0.243 e. The highest BCUT2D eigenvalue weighted by atomic mass is 16.3. The summed E-state index contributed by atoms with van der Waals surface area (Å²) >= 11 is 0. The van der Waals surface area contributed by atoms with Crippen LogP contribution < -0.4 is 43.8 Å². The quantitative estimate of drug-likeness (QED) is 0.0693. The van der Waals surface area contributed by atoms with Crippen LogP contribution in [0, 0.1) is 0 Å². The second-order valence-corrected chi connectivity index (χ2v) is 12.2. The van der Waals surface area contributed by atoms with Crippen LogP contribution in [0.1, 0.15) is 36.8 Å². The standard InChI is InChI=1S/C35H45N9O6/c36-15-3-7-26-32(48)42-27(8-4-16-39-35(37)38)33(49)44-28(19-22-9-12-23-5-1-2-6-24(23)17-22)31(47)40-20-30(46)41-29(34(50)43-26)18-21-10-13-25(45)14-11-21/h1-2,5-6,9-14,17,26-29,45H,3-4,7-8,15-16,18-20,36H2,(H,40,47)(H,41,46)(H,42,48)(H,43,50)(H,44,49)(H4,37,38,39)/t26-,27-,28-,29?/m0/s1. The van der Waals surface area contributed by atoms with Gasteiger partial charge in [0.25, 0.3) is 0 Å². The smallest absolute Gasteiger partial charge is 0.243 e. The van der Waals surface area contributed by atoms with Gasteiger partial charge in [0.15, 0.2) is 5.96 Å². The average molecular weight is 688 g/mol. The van der Waals surface area contributed by atoms with E-state index < -0.39 is 60.2 Å². The van der Waals surface area contributed by atoms with Gasteiger partial charge < -0.3 is 48.9 Å². The Balaban J connectivity index is 1.66. The number of nitrogens with one attached hydrogen (secondary N) is 5. The van der Waals surface area contributed by atoms with E-state index in [4.69, 9.17) is 17.2 Å². The summed E-state index contributed by atoms with van der Waals surface area (Å²) in [5.74, 6) is -3.34. The van der Waals surface area contributed by atoms with Crippen LogP contribution in [-0.2, 0) is 36.8 Å². The molecule has 0 bridgehead atoms. The molecule has 1 fully saturated rings. The zero-order valence-corrected chi connectivity index (χ0v) is 27.7. The molecule has 4 atom stereocenters. The van der Waals surface area contributed by atoms with E-state index in [1.807, 2.05) is 42.5 Å². The van der Waals surface area contributed by atoms with E-state index in [0.29, 0.717) is 18.4 Å². The normalized spacial score (nSPS) is 20.7. The van der Waals surface area contributed by atoms with Crippen LogP contribution in [0.2, 0.25) is 0 Å². The van der Waals surface area contributed by atoms with Gasteiger partial charge in [0.2, 0.25) is 29.5 Å². The fourth-order valence-electron chi connectivity index (χ4n) is 5.60. The van der Waals surface area contributed by atoms with Gasteiger partial charge in [-0.25, -0.2) is 0 Å². The van der Waals surface area contributed by atoms with Crippen molar-refractivity contribution in [3.8, 4) is 5.75 Å². The van der Waals surface area contributed by atoms with E-state index in [1.54, 1.807) is 12.1 Å². The summed E-state index contributed by atoms with van der Waals surface area (Å²) in [6.45, 7) is -0.0684. The lowest BCUT2D eigenvalue weighted by molar-refractivity contribution is -0.134. The fraction of sp³-hybridized carbons (Fsp3) is 0.371. The molecule has 0 aliphatic carbocycles. The minimum absolute atomic E-state index is 0.0229. The number of amides is 5. The predicted octanol–water partition coefficient (Wildman–Crippen LogP) is -0.808. The summed E-state index contributed by atoms with van der Waals surface area (Å²) in [6, 6.07) is 15.0. The first kappa shape index (κ1) is 37.1. The molecule has 1 saturated heterocycles. The van der Waals surface area contributed by atoms with Crippen molar-refractivity contribution in [1.82, 2.24) is 26.6 Å². The van der Waals surface area contributed by atoms with Crippen molar-refractivity contribution in [2.24, 2.45) is 22.2 Å². The van der Waals surface area contributed by atoms with Crippen molar-refractivity contribution < 1.29 is 29.1 Å². The number of carbonyl (C=O) groups excluding carboxylic acids is 5. The maximum atomic E-state index is 13.8. The molecular weight excluding hydrogens is 642 g/mol. The summed E-state index contributed by atoms with van der Waals surface area (Å²) in [7, 11) is 0. The molecule has 4 rings (SSSR count). The number of hydrogen-bond donors (Lipinski definition) is 9. The molecule has 3 aromatic carbocycles. The number of benzene rings is 3. The zero-order valence-electron chi connectivity index (χ0n) is 27.7. The fourth-order valence-corrected chi connectivity index (χ4v) is 5.60. The molecular formula is C35H45N9O6. The largest absolute Gasteiger partial charge is 0.508 e. The van der Waals surface area contributed by atoms with Gasteiger partial charge in [-0.1, -0.05) is 54.6 Å². The molecule has 15 heteroatoms. The molecule has 1 unspecified atom stereocenters. The van der Waals surface area contributed by atoms with Crippen molar-refractivity contribution in [3.63, 3.8) is 0 Å². The Hall–Kier alpha value is -5.70. The number of aliphatic imine (C=N–C) groups is 1. The molecule has 3 aromatic rings. The number of phenols is 1. The summed E-state index contributed by atoms with van der Waals surface area (Å²) in [5, 5.41) is 25.1. The number of nitrogens with two attached hydrogens (primary N) is 3. The van der Waals surface area contributed by atoms with E-state index in [9.17, 15) is 29.1 Å². The molecule has 12 N–H and O–H groups in total. The van der Waals surface area contributed by atoms with Crippen LogP contribution in [0.3, 0.4) is 0 Å². The summed E-state index contributed by atoms with van der Waals surface area (Å²) in [5.41, 5.74) is 18.0. The van der Waals surface area contributed by atoms with Gasteiger partial charge in [0.1, 0.15) is 29.9 Å². The third-order valence-corrected chi connectivity index (χ3v) is 8.25. The number of guanidine groups is 1. The van der Waals surface area contributed by atoms with Crippen molar-refractivity contribution in [2.75, 3.05) is 19.6 Å². The van der Waals surface area contributed by atoms with E-state index in [0.717, 1.165) is 16.3 Å². The SMILES string of the molecule is NCCC[C@@H]1NC(=O)C(Cc2ccc(O)cc2)NC(=O)CNC(=O)[C@H](Cc2ccc3ccccc3c2)NC(=O)[C@H](CCCN=C(N)N)NC1=O. The highest BCUT2D eigenvalue weighted by molar-refractivity contribution is 5.97. The number of aromatic hydroxyl groups is 1. The lowest BCUT2D eigenvalue weighted by Gasteiger charge is -2.26. The maximum absolute atomic E-state index is 13.8. The minimum atomic E-state index is -1.15. The summed E-state index contributed by atoms with van der Waals surface area (Å²) in [4.78, 5) is 71.9. The van der Waals surface area contributed by atoms with Crippen LogP contribution in [0.5, 0.6) is 5.75 Å². The van der Waals surface area contributed by atoms with Gasteiger partial charge in [0, 0.05) is 19.4 Å². The van der Waals surface area contributed by atoms with Gasteiger partial charge in [0.05, 0.1) is 6.54 Å². The molecule has 5 amide bonds. The Morgan fingerprint density at radius 2 is 1.24 bits per heavy atom. The third-order valence-electron chi connectivity index (χ3n) is 8.25. The number of phenolic OH excluding ortho intramolecular Hbond substituents is 1. The number of fused-ring (bicyclic) bond motifs is 1.